The van der Waals surface area contributed by atoms with Gasteiger partial charge in [0.05, 0.1) is 18.8 Å². The molecule has 3 rings (SSSR count). The summed E-state index contributed by atoms with van der Waals surface area (Å²) in [7, 11) is 0. The molecule has 0 bridgehead atoms. The van der Waals surface area contributed by atoms with E-state index in [1.54, 1.807) is 30.3 Å². The summed E-state index contributed by atoms with van der Waals surface area (Å²) in [5.74, 6) is -1.01. The Bertz CT molecular complexity index is 821. The van der Waals surface area contributed by atoms with Crippen LogP contribution in [0.4, 0.5) is 0 Å². The van der Waals surface area contributed by atoms with Crippen molar-refractivity contribution < 1.29 is 39.8 Å². The molecule has 1 aliphatic heterocycles. The minimum Gasteiger partial charge on any atom is -0.478 e. The monoisotopic (exact) mass is 390 g/mol. The van der Waals surface area contributed by atoms with E-state index in [1.165, 1.54) is 6.07 Å². The van der Waals surface area contributed by atoms with Gasteiger partial charge < -0.3 is 35.0 Å². The highest BCUT2D eigenvalue weighted by Gasteiger charge is 2.43. The predicted octanol–water partition coefficient (Wildman–Crippen LogP) is 0.368. The second-order valence-electron chi connectivity index (χ2n) is 6.59. The van der Waals surface area contributed by atoms with Crippen molar-refractivity contribution in [3.05, 3.63) is 59.7 Å². The third-order valence-corrected chi connectivity index (χ3v) is 4.63. The van der Waals surface area contributed by atoms with Gasteiger partial charge in [-0.05, 0) is 34.9 Å². The Morgan fingerprint density at radius 2 is 1.64 bits per heavy atom. The third-order valence-electron chi connectivity index (χ3n) is 4.63. The maximum atomic E-state index is 11.1. The number of ether oxygens (including phenoxy) is 2. The molecule has 5 atom stereocenters. The number of carbonyl (C=O) groups is 1. The lowest BCUT2D eigenvalue weighted by Crippen LogP contribution is -2.59. The van der Waals surface area contributed by atoms with Crippen molar-refractivity contribution in [1.29, 1.82) is 0 Å². The van der Waals surface area contributed by atoms with Crippen LogP contribution in [0.25, 0.3) is 11.1 Å². The lowest BCUT2D eigenvalue weighted by molar-refractivity contribution is -0.304. The minimum absolute atomic E-state index is 0.0369. The molecule has 0 aliphatic carbocycles. The number of carboxylic acid groups (broad SMARTS) is 1. The first-order chi connectivity index (χ1) is 13.4. The van der Waals surface area contributed by atoms with E-state index in [9.17, 15) is 25.2 Å². The molecular formula is C20H22O8. The zero-order valence-corrected chi connectivity index (χ0v) is 14.9. The summed E-state index contributed by atoms with van der Waals surface area (Å²) in [6.45, 7) is -0.491. The average Bonchev–Trinajstić information content (AvgIpc) is 2.72. The second-order valence-corrected chi connectivity index (χ2v) is 6.59. The van der Waals surface area contributed by atoms with Gasteiger partial charge in [0.25, 0.3) is 0 Å². The van der Waals surface area contributed by atoms with Crippen molar-refractivity contribution in [2.45, 2.75) is 37.3 Å². The van der Waals surface area contributed by atoms with E-state index < -0.39 is 43.3 Å². The average molecular weight is 390 g/mol. The molecule has 0 amide bonds. The fourth-order valence-corrected chi connectivity index (χ4v) is 3.06. The number of aliphatic hydroxyl groups excluding tert-OH is 4. The van der Waals surface area contributed by atoms with E-state index in [0.29, 0.717) is 0 Å². The van der Waals surface area contributed by atoms with Crippen LogP contribution in [0.5, 0.6) is 0 Å². The lowest BCUT2D eigenvalue weighted by Gasteiger charge is -2.39. The second kappa shape index (κ2) is 8.78. The molecule has 1 fully saturated rings. The maximum Gasteiger partial charge on any atom is 0.335 e. The van der Waals surface area contributed by atoms with E-state index in [4.69, 9.17) is 14.6 Å². The molecule has 8 heteroatoms. The van der Waals surface area contributed by atoms with Crippen molar-refractivity contribution in [3.8, 4) is 11.1 Å². The summed E-state index contributed by atoms with van der Waals surface area (Å²) in [6.07, 6.45) is -6.65. The quantitative estimate of drug-likeness (QED) is 0.477. The van der Waals surface area contributed by atoms with Gasteiger partial charge in [-0.2, -0.15) is 0 Å². The highest BCUT2D eigenvalue weighted by molar-refractivity contribution is 5.89. The zero-order chi connectivity index (χ0) is 20.3. The van der Waals surface area contributed by atoms with Gasteiger partial charge in [0.1, 0.15) is 24.4 Å². The normalized spacial score (nSPS) is 27.5. The summed E-state index contributed by atoms with van der Waals surface area (Å²) in [6, 6.07) is 13.8. The highest BCUT2D eigenvalue weighted by Crippen LogP contribution is 2.25. The summed E-state index contributed by atoms with van der Waals surface area (Å²) in [5, 5.41) is 48.0. The molecule has 0 spiro atoms. The molecule has 0 saturated carbocycles. The molecule has 0 aromatic heterocycles. The number of rotatable bonds is 6. The van der Waals surface area contributed by atoms with Crippen molar-refractivity contribution in [2.24, 2.45) is 0 Å². The predicted molar refractivity (Wildman–Crippen MR) is 97.4 cm³/mol. The molecule has 1 heterocycles. The summed E-state index contributed by atoms with van der Waals surface area (Å²) < 4.78 is 10.8. The summed E-state index contributed by atoms with van der Waals surface area (Å²) in [5.41, 5.74) is 2.43. The first-order valence-corrected chi connectivity index (χ1v) is 8.75. The summed E-state index contributed by atoms with van der Waals surface area (Å²) in [4.78, 5) is 11.1. The zero-order valence-electron chi connectivity index (χ0n) is 14.9. The first-order valence-electron chi connectivity index (χ1n) is 8.75. The molecule has 2 aromatic carbocycles. The SMILES string of the molecule is O=C(O)c1cccc(-c2cccc(CO[C@H]3O[C@H](CO)[C@@H](O)[C@@H](O)[C@@H]3O)c2)c1. The first kappa shape index (κ1) is 20.4. The molecule has 5 N–H and O–H groups in total. The van der Waals surface area contributed by atoms with Crippen LogP contribution in [-0.2, 0) is 16.1 Å². The van der Waals surface area contributed by atoms with E-state index in [0.717, 1.165) is 16.7 Å². The summed E-state index contributed by atoms with van der Waals surface area (Å²) >= 11 is 0. The van der Waals surface area contributed by atoms with Crippen LogP contribution in [0, 0.1) is 0 Å². The Labute approximate surface area is 161 Å². The molecule has 0 radical (unpaired) electrons. The van der Waals surface area contributed by atoms with E-state index in [1.807, 2.05) is 12.1 Å². The van der Waals surface area contributed by atoms with E-state index in [-0.39, 0.29) is 12.2 Å². The van der Waals surface area contributed by atoms with Crippen LogP contribution in [0.3, 0.4) is 0 Å². The standard InChI is InChI=1S/C20H22O8/c21-9-15-16(22)17(23)18(24)20(28-15)27-10-11-3-1-4-12(7-11)13-5-2-6-14(8-13)19(25)26/h1-8,15-18,20-24H,9-10H2,(H,25,26)/t15-,16-,17-,18+,20+/m1/s1. The Kier molecular flexibility index (Phi) is 6.40. The molecule has 0 unspecified atom stereocenters. The Morgan fingerprint density at radius 1 is 0.964 bits per heavy atom. The van der Waals surface area contributed by atoms with Gasteiger partial charge in [0.2, 0.25) is 0 Å². The van der Waals surface area contributed by atoms with Crippen LogP contribution in [0.2, 0.25) is 0 Å². The minimum atomic E-state index is -1.50. The number of aromatic carboxylic acids is 1. The molecule has 1 aliphatic rings. The van der Waals surface area contributed by atoms with Crippen molar-refractivity contribution in [2.75, 3.05) is 6.61 Å². The van der Waals surface area contributed by atoms with Crippen LogP contribution in [0.15, 0.2) is 48.5 Å². The molecule has 2 aromatic rings. The van der Waals surface area contributed by atoms with Crippen molar-refractivity contribution >= 4 is 5.97 Å². The van der Waals surface area contributed by atoms with Gasteiger partial charge >= 0.3 is 5.97 Å². The van der Waals surface area contributed by atoms with Crippen molar-refractivity contribution in [3.63, 3.8) is 0 Å². The van der Waals surface area contributed by atoms with E-state index in [2.05, 4.69) is 0 Å². The Balaban J connectivity index is 1.71. The number of hydrogen-bond donors (Lipinski definition) is 5. The van der Waals surface area contributed by atoms with Gasteiger partial charge in [-0.15, -0.1) is 0 Å². The third kappa shape index (κ3) is 4.39. The number of hydrogen-bond acceptors (Lipinski definition) is 7. The topological polar surface area (TPSA) is 137 Å². The Hall–Kier alpha value is -2.33. The van der Waals surface area contributed by atoms with Gasteiger partial charge in [0.15, 0.2) is 6.29 Å². The van der Waals surface area contributed by atoms with Crippen LogP contribution in [-0.4, -0.2) is 68.8 Å². The molecule has 1 saturated heterocycles. The van der Waals surface area contributed by atoms with Crippen LogP contribution >= 0.6 is 0 Å². The smallest absolute Gasteiger partial charge is 0.335 e. The molecule has 150 valence electrons. The van der Waals surface area contributed by atoms with Gasteiger partial charge in [-0.1, -0.05) is 30.3 Å². The fraction of sp³-hybridized carbons (Fsp3) is 0.350. The van der Waals surface area contributed by atoms with Gasteiger partial charge in [0, 0.05) is 0 Å². The van der Waals surface area contributed by atoms with Gasteiger partial charge in [-0.3, -0.25) is 0 Å². The van der Waals surface area contributed by atoms with Crippen LogP contribution in [0.1, 0.15) is 15.9 Å². The molecule has 28 heavy (non-hydrogen) atoms. The fourth-order valence-electron chi connectivity index (χ4n) is 3.06. The number of carboxylic acids is 1. The maximum absolute atomic E-state index is 11.1. The number of aliphatic hydroxyl groups is 4. The molecular weight excluding hydrogens is 368 g/mol. The van der Waals surface area contributed by atoms with Crippen LogP contribution < -0.4 is 0 Å². The van der Waals surface area contributed by atoms with E-state index >= 15 is 0 Å². The highest BCUT2D eigenvalue weighted by atomic mass is 16.7. The molecule has 8 nitrogen and oxygen atoms in total. The van der Waals surface area contributed by atoms with Crippen molar-refractivity contribution in [1.82, 2.24) is 0 Å². The lowest BCUT2D eigenvalue weighted by atomic mass is 9.99. The van der Waals surface area contributed by atoms with Gasteiger partial charge in [-0.25, -0.2) is 4.79 Å². The number of benzene rings is 2. The Morgan fingerprint density at radius 3 is 2.32 bits per heavy atom. The largest absolute Gasteiger partial charge is 0.478 e.